The summed E-state index contributed by atoms with van der Waals surface area (Å²) in [6.07, 6.45) is 2.16. The smallest absolute Gasteiger partial charge is 0.272 e. The highest BCUT2D eigenvalue weighted by Gasteiger charge is 2.29. The Balaban J connectivity index is 1.63. The molecule has 1 aromatic carbocycles. The molecule has 4 rings (SSSR count). The lowest BCUT2D eigenvalue weighted by atomic mass is 10.0. The Morgan fingerprint density at radius 2 is 1.63 bits per heavy atom. The molecule has 5 amide bonds. The van der Waals surface area contributed by atoms with Crippen LogP contribution >= 0.6 is 0 Å². The van der Waals surface area contributed by atoms with Crippen molar-refractivity contribution in [2.75, 3.05) is 19.6 Å². The lowest BCUT2D eigenvalue weighted by Crippen LogP contribution is -2.54. The minimum absolute atomic E-state index is 0.0565. The third-order valence-electron chi connectivity index (χ3n) is 7.32. The Morgan fingerprint density at radius 3 is 2.33 bits per heavy atom. The van der Waals surface area contributed by atoms with Crippen molar-refractivity contribution in [3.8, 4) is 11.4 Å². The molecule has 14 heteroatoms. The number of carbonyl (C=O) groups is 5. The first-order valence-corrected chi connectivity index (χ1v) is 15.4. The topological polar surface area (TPSA) is 180 Å². The van der Waals surface area contributed by atoms with Gasteiger partial charge < -0.3 is 26.2 Å². The van der Waals surface area contributed by atoms with Crippen LogP contribution in [0.5, 0.6) is 0 Å². The molecule has 14 nitrogen and oxygen atoms in total. The van der Waals surface area contributed by atoms with E-state index in [1.54, 1.807) is 25.1 Å². The van der Waals surface area contributed by atoms with E-state index in [1.807, 2.05) is 44.2 Å². The summed E-state index contributed by atoms with van der Waals surface area (Å²) in [6.45, 7) is 6.95. The second-order valence-corrected chi connectivity index (χ2v) is 11.7. The number of amides is 5. The van der Waals surface area contributed by atoms with Crippen molar-refractivity contribution in [3.63, 3.8) is 0 Å². The average molecular weight is 632 g/mol. The van der Waals surface area contributed by atoms with Crippen LogP contribution in [0, 0.1) is 5.92 Å². The van der Waals surface area contributed by atoms with Gasteiger partial charge in [0.15, 0.2) is 5.82 Å². The Morgan fingerprint density at radius 1 is 0.891 bits per heavy atom. The number of fused-ring (bicyclic) bond motifs is 1. The number of pyridine rings is 1. The van der Waals surface area contributed by atoms with Crippen molar-refractivity contribution >= 4 is 29.5 Å². The van der Waals surface area contributed by atoms with E-state index in [0.29, 0.717) is 24.5 Å². The second-order valence-electron chi connectivity index (χ2n) is 11.7. The van der Waals surface area contributed by atoms with Crippen LogP contribution in [0.15, 0.2) is 54.7 Å². The Bertz CT molecular complexity index is 1530. The molecule has 1 aliphatic rings. The standard InChI is InChI=1S/C32H41N9O5/c1-20(2)17-25-31(45)36-21(3)29-38-28(23-11-6-5-7-12-23)39-41(29)19-26(42)34-15-10-16-40(32(46)24-13-8-9-14-33-24)18-27(43)35-22(4)30(44)37-25/h5-9,11-14,20-22,25H,10,15-19H2,1-4H3,(H,34,42)(H,35,43)(H,36,45)(H,37,44)/t21-,22+,25+/m0/s1. The van der Waals surface area contributed by atoms with Crippen molar-refractivity contribution in [3.05, 3.63) is 66.2 Å². The second kappa shape index (κ2) is 15.7. The van der Waals surface area contributed by atoms with Crippen molar-refractivity contribution < 1.29 is 24.0 Å². The van der Waals surface area contributed by atoms with Crippen LogP contribution in [0.4, 0.5) is 0 Å². The summed E-state index contributed by atoms with van der Waals surface area (Å²) >= 11 is 0. The zero-order valence-electron chi connectivity index (χ0n) is 26.5. The highest BCUT2D eigenvalue weighted by atomic mass is 16.2. The third-order valence-corrected chi connectivity index (χ3v) is 7.32. The Kier molecular flexibility index (Phi) is 11.5. The molecule has 0 unspecified atom stereocenters. The fraction of sp³-hybridized carbons (Fsp3) is 0.438. The minimum Gasteiger partial charge on any atom is -0.354 e. The normalized spacial score (nSPS) is 20.7. The van der Waals surface area contributed by atoms with Gasteiger partial charge in [-0.25, -0.2) is 9.67 Å². The van der Waals surface area contributed by atoms with E-state index >= 15 is 0 Å². The number of benzene rings is 1. The molecule has 0 saturated heterocycles. The molecule has 0 radical (unpaired) electrons. The summed E-state index contributed by atoms with van der Waals surface area (Å²) in [4.78, 5) is 76.1. The van der Waals surface area contributed by atoms with E-state index in [0.717, 1.165) is 5.56 Å². The van der Waals surface area contributed by atoms with Crippen LogP contribution in [0.2, 0.25) is 0 Å². The van der Waals surface area contributed by atoms with E-state index in [4.69, 9.17) is 0 Å². The van der Waals surface area contributed by atoms with E-state index in [2.05, 4.69) is 36.3 Å². The van der Waals surface area contributed by atoms with Crippen molar-refractivity contribution in [2.45, 2.75) is 65.2 Å². The average Bonchev–Trinajstić information content (AvgIpc) is 3.45. The largest absolute Gasteiger partial charge is 0.354 e. The van der Waals surface area contributed by atoms with E-state index < -0.39 is 41.8 Å². The van der Waals surface area contributed by atoms with E-state index in [1.165, 1.54) is 22.7 Å². The molecule has 46 heavy (non-hydrogen) atoms. The Hall–Kier alpha value is -5.14. The SMILES string of the molecule is CC(C)C[C@H]1NC(=O)[C@@H](C)NC(=O)CN(C(=O)c2ccccn2)CCCNC(=O)Cn2nc(-c3ccccc3)nc2[C@H](C)NC1=O. The lowest BCUT2D eigenvalue weighted by molar-refractivity contribution is -0.132. The fourth-order valence-electron chi connectivity index (χ4n) is 5.00. The van der Waals surface area contributed by atoms with Gasteiger partial charge in [0.25, 0.3) is 5.91 Å². The maximum absolute atomic E-state index is 13.5. The van der Waals surface area contributed by atoms with Gasteiger partial charge >= 0.3 is 0 Å². The van der Waals surface area contributed by atoms with Gasteiger partial charge in [0, 0.05) is 24.8 Å². The number of hydrogen-bond donors (Lipinski definition) is 4. The summed E-state index contributed by atoms with van der Waals surface area (Å²) in [5.74, 6) is -1.55. The lowest BCUT2D eigenvalue weighted by Gasteiger charge is -2.25. The van der Waals surface area contributed by atoms with Crippen LogP contribution in [-0.4, -0.2) is 85.9 Å². The number of rotatable bonds is 4. The third kappa shape index (κ3) is 9.19. The molecule has 0 fully saturated rings. The van der Waals surface area contributed by atoms with Gasteiger partial charge in [-0.15, -0.1) is 0 Å². The van der Waals surface area contributed by atoms with Crippen LogP contribution in [0.1, 0.15) is 62.9 Å². The maximum Gasteiger partial charge on any atom is 0.272 e. The summed E-state index contributed by atoms with van der Waals surface area (Å²) in [5.41, 5.74) is 0.905. The highest BCUT2D eigenvalue weighted by Crippen LogP contribution is 2.19. The number of hydrogen-bond acceptors (Lipinski definition) is 8. The van der Waals surface area contributed by atoms with Gasteiger partial charge in [-0.05, 0) is 44.7 Å². The quantitative estimate of drug-likeness (QED) is 0.332. The van der Waals surface area contributed by atoms with Gasteiger partial charge in [0.05, 0.1) is 12.6 Å². The van der Waals surface area contributed by atoms with Gasteiger partial charge in [-0.1, -0.05) is 50.2 Å². The molecule has 4 N–H and O–H groups in total. The first-order valence-electron chi connectivity index (χ1n) is 15.4. The van der Waals surface area contributed by atoms with Crippen LogP contribution < -0.4 is 21.3 Å². The van der Waals surface area contributed by atoms with Crippen molar-refractivity contribution in [1.29, 1.82) is 0 Å². The molecule has 3 aromatic rings. The van der Waals surface area contributed by atoms with Crippen LogP contribution in [0.3, 0.4) is 0 Å². The molecule has 3 atom stereocenters. The monoisotopic (exact) mass is 631 g/mol. The summed E-state index contributed by atoms with van der Waals surface area (Å²) in [7, 11) is 0. The molecule has 244 valence electrons. The molecule has 0 bridgehead atoms. The van der Waals surface area contributed by atoms with Gasteiger partial charge in [-0.2, -0.15) is 5.10 Å². The van der Waals surface area contributed by atoms with Gasteiger partial charge in [0.1, 0.15) is 30.1 Å². The van der Waals surface area contributed by atoms with Crippen LogP contribution in [-0.2, 0) is 25.7 Å². The Labute approximate surface area is 267 Å². The zero-order valence-corrected chi connectivity index (χ0v) is 26.5. The molecular formula is C32H41N9O5. The molecule has 0 aliphatic carbocycles. The predicted octanol–water partition coefficient (Wildman–Crippen LogP) is 1.22. The first-order chi connectivity index (χ1) is 22.0. The fourth-order valence-corrected chi connectivity index (χ4v) is 5.00. The first kappa shape index (κ1) is 33.7. The number of aromatic nitrogens is 4. The van der Waals surface area contributed by atoms with Gasteiger partial charge in [0.2, 0.25) is 23.6 Å². The number of nitrogens with zero attached hydrogens (tertiary/aromatic N) is 5. The molecule has 3 heterocycles. The summed E-state index contributed by atoms with van der Waals surface area (Å²) in [5, 5.41) is 15.7. The van der Waals surface area contributed by atoms with E-state index in [9.17, 15) is 24.0 Å². The summed E-state index contributed by atoms with van der Waals surface area (Å²) in [6, 6.07) is 11.6. The molecule has 0 spiro atoms. The van der Waals surface area contributed by atoms with Crippen molar-refractivity contribution in [1.82, 2.24) is 45.9 Å². The van der Waals surface area contributed by atoms with E-state index in [-0.39, 0.29) is 43.7 Å². The zero-order chi connectivity index (χ0) is 33.2. The summed E-state index contributed by atoms with van der Waals surface area (Å²) < 4.78 is 1.45. The number of nitrogens with one attached hydrogen (secondary N) is 4. The molecular weight excluding hydrogens is 590 g/mol. The molecule has 1 aliphatic heterocycles. The number of carbonyl (C=O) groups excluding carboxylic acids is 5. The molecule has 0 saturated carbocycles. The minimum atomic E-state index is -0.989. The maximum atomic E-state index is 13.5. The molecule has 2 aromatic heterocycles. The van der Waals surface area contributed by atoms with Crippen LogP contribution in [0.25, 0.3) is 11.4 Å². The highest BCUT2D eigenvalue weighted by molar-refractivity contribution is 5.96. The van der Waals surface area contributed by atoms with Gasteiger partial charge in [-0.3, -0.25) is 29.0 Å². The van der Waals surface area contributed by atoms with Crippen molar-refractivity contribution in [2.24, 2.45) is 5.92 Å². The predicted molar refractivity (Wildman–Crippen MR) is 169 cm³/mol.